The lowest BCUT2D eigenvalue weighted by molar-refractivity contribution is -0.147. The second kappa shape index (κ2) is 32.4. The molecule has 1 atom stereocenters. The van der Waals surface area contributed by atoms with Crippen LogP contribution in [0.5, 0.6) is 0 Å². The predicted octanol–water partition coefficient (Wildman–Crippen LogP) is 11.1. The fourth-order valence-corrected chi connectivity index (χ4v) is 3.97. The molecule has 234 valence electrons. The minimum absolute atomic E-state index is 0.150. The minimum atomic E-state index is -0.743. The molecule has 0 heterocycles. The Morgan fingerprint density at radius 2 is 1.00 bits per heavy atom. The molecule has 4 nitrogen and oxygen atoms in total. The Morgan fingerprint density at radius 1 is 0.548 bits per heavy atom. The highest BCUT2D eigenvalue weighted by atomic mass is 16.5. The van der Waals surface area contributed by atoms with Crippen molar-refractivity contribution in [2.24, 2.45) is 0 Å². The van der Waals surface area contributed by atoms with Crippen LogP contribution in [0.1, 0.15) is 123 Å². The van der Waals surface area contributed by atoms with E-state index < -0.39 is 5.97 Å². The zero-order valence-corrected chi connectivity index (χ0v) is 26.5. The van der Waals surface area contributed by atoms with Gasteiger partial charge in [0.15, 0.2) is 0 Å². The van der Waals surface area contributed by atoms with E-state index >= 15 is 0 Å². The number of esters is 1. The summed E-state index contributed by atoms with van der Waals surface area (Å²) in [6, 6.07) is 0. The molecule has 1 unspecified atom stereocenters. The Balaban J connectivity index is 4.26. The van der Waals surface area contributed by atoms with Gasteiger partial charge in [-0.05, 0) is 89.5 Å². The van der Waals surface area contributed by atoms with Gasteiger partial charge in [0.05, 0.1) is 0 Å². The van der Waals surface area contributed by atoms with Crippen molar-refractivity contribution in [3.05, 3.63) is 97.2 Å². The molecular formula is C38H58O4. The molecule has 0 aromatic carbocycles. The van der Waals surface area contributed by atoms with Crippen molar-refractivity contribution in [1.29, 1.82) is 0 Å². The number of carbonyl (C=O) groups excluding carboxylic acids is 1. The van der Waals surface area contributed by atoms with Gasteiger partial charge in [-0.1, -0.05) is 118 Å². The average Bonchev–Trinajstić information content (AvgIpc) is 2.97. The predicted molar refractivity (Wildman–Crippen MR) is 180 cm³/mol. The highest BCUT2D eigenvalue weighted by Gasteiger charge is 2.11. The Morgan fingerprint density at radius 3 is 1.50 bits per heavy atom. The van der Waals surface area contributed by atoms with E-state index in [-0.39, 0.29) is 18.5 Å². The van der Waals surface area contributed by atoms with E-state index in [0.29, 0.717) is 12.8 Å². The Labute approximate surface area is 257 Å². The summed E-state index contributed by atoms with van der Waals surface area (Å²) in [4.78, 5) is 23.1. The monoisotopic (exact) mass is 578 g/mol. The van der Waals surface area contributed by atoms with E-state index in [4.69, 9.17) is 9.84 Å². The third-order valence-electron chi connectivity index (χ3n) is 6.29. The average molecular weight is 579 g/mol. The lowest BCUT2D eigenvalue weighted by Gasteiger charge is -2.14. The van der Waals surface area contributed by atoms with Crippen molar-refractivity contribution in [1.82, 2.24) is 0 Å². The number of hydrogen-bond acceptors (Lipinski definition) is 3. The van der Waals surface area contributed by atoms with Crippen LogP contribution in [0.25, 0.3) is 0 Å². The summed E-state index contributed by atoms with van der Waals surface area (Å²) in [7, 11) is 0. The number of ether oxygens (including phenoxy) is 1. The van der Waals surface area contributed by atoms with Gasteiger partial charge in [-0.15, -0.1) is 0 Å². The van der Waals surface area contributed by atoms with Crippen LogP contribution in [0.2, 0.25) is 0 Å². The van der Waals surface area contributed by atoms with Crippen molar-refractivity contribution in [3.8, 4) is 0 Å². The lowest BCUT2D eigenvalue weighted by atomic mass is 10.1. The van der Waals surface area contributed by atoms with Crippen LogP contribution < -0.4 is 0 Å². The third kappa shape index (κ3) is 31.4. The number of unbranched alkanes of at least 4 members (excludes halogenated alkanes) is 4. The number of carbonyl (C=O) groups is 2. The summed E-state index contributed by atoms with van der Waals surface area (Å²) in [5, 5.41) is 8.79. The first-order chi connectivity index (χ1) is 20.6. The van der Waals surface area contributed by atoms with Gasteiger partial charge < -0.3 is 9.84 Å². The minimum Gasteiger partial charge on any atom is -0.481 e. The molecule has 0 fully saturated rings. The Hall–Kier alpha value is -3.14. The van der Waals surface area contributed by atoms with Crippen LogP contribution in [0.15, 0.2) is 97.2 Å². The molecule has 0 aromatic heterocycles. The van der Waals surface area contributed by atoms with E-state index in [1.807, 2.05) is 6.08 Å². The van der Waals surface area contributed by atoms with Gasteiger partial charge in [0.25, 0.3) is 0 Å². The van der Waals surface area contributed by atoms with Gasteiger partial charge in [0, 0.05) is 12.8 Å². The van der Waals surface area contributed by atoms with Crippen LogP contribution >= 0.6 is 0 Å². The molecule has 0 aromatic rings. The second-order valence-corrected chi connectivity index (χ2v) is 10.2. The molecule has 0 aliphatic rings. The zero-order valence-electron chi connectivity index (χ0n) is 26.5. The summed E-state index contributed by atoms with van der Waals surface area (Å²) < 4.78 is 5.78. The van der Waals surface area contributed by atoms with E-state index in [0.717, 1.165) is 89.9 Å². The first-order valence-electron chi connectivity index (χ1n) is 16.2. The standard InChI is InChI=1S/C38H58O4/c1-3-5-7-9-11-13-14-15-16-17-18-19-20-21-23-25-31-35-38(41)42-36(33-29-26-27-30-34-37(39)40)32-28-24-22-12-10-8-6-4-2/h5-8,11-13,15-16,18-19,21-23,28,32,36H,3-4,9-10,14,17,20,24-27,29-31,33-35H2,1-2H3,(H,39,40)/b7-5-,8-6-,13-11-,16-15-,19-18-,22-12-,23-21-,32-28-. The molecule has 0 bridgehead atoms. The highest BCUT2D eigenvalue weighted by molar-refractivity contribution is 5.69. The van der Waals surface area contributed by atoms with E-state index in [1.54, 1.807) is 0 Å². The molecule has 0 radical (unpaired) electrons. The summed E-state index contributed by atoms with van der Waals surface area (Å²) >= 11 is 0. The molecule has 0 aliphatic heterocycles. The molecule has 1 N–H and O–H groups in total. The molecule has 0 rings (SSSR count). The van der Waals surface area contributed by atoms with Crippen LogP contribution in [-0.4, -0.2) is 23.1 Å². The second-order valence-electron chi connectivity index (χ2n) is 10.2. The van der Waals surface area contributed by atoms with Gasteiger partial charge in [-0.25, -0.2) is 0 Å². The molecule has 42 heavy (non-hydrogen) atoms. The van der Waals surface area contributed by atoms with Gasteiger partial charge in [0.2, 0.25) is 0 Å². The SMILES string of the molecule is CC/C=C\C/C=C\C/C=C\C/C=C\C/C=C\CCCC(=O)OC(/C=C\C/C=C\C/C=C\CC)CCCCCCC(=O)O. The van der Waals surface area contributed by atoms with Crippen molar-refractivity contribution in [2.45, 2.75) is 129 Å². The van der Waals surface area contributed by atoms with Gasteiger partial charge in [0.1, 0.15) is 6.10 Å². The van der Waals surface area contributed by atoms with Crippen LogP contribution in [0.4, 0.5) is 0 Å². The maximum absolute atomic E-state index is 12.5. The first-order valence-corrected chi connectivity index (χ1v) is 16.2. The molecular weight excluding hydrogens is 520 g/mol. The fourth-order valence-electron chi connectivity index (χ4n) is 3.97. The van der Waals surface area contributed by atoms with Crippen molar-refractivity contribution >= 4 is 11.9 Å². The lowest BCUT2D eigenvalue weighted by Crippen LogP contribution is -2.16. The maximum atomic E-state index is 12.5. The number of carboxylic acids is 1. The quantitative estimate of drug-likeness (QED) is 0.0598. The van der Waals surface area contributed by atoms with Crippen molar-refractivity contribution in [2.75, 3.05) is 0 Å². The molecule has 0 saturated carbocycles. The van der Waals surface area contributed by atoms with Gasteiger partial charge >= 0.3 is 11.9 Å². The third-order valence-corrected chi connectivity index (χ3v) is 6.29. The summed E-state index contributed by atoms with van der Waals surface area (Å²) in [6.45, 7) is 4.28. The molecule has 0 amide bonds. The number of aliphatic carboxylic acids is 1. The summed E-state index contributed by atoms with van der Waals surface area (Å²) in [5.74, 6) is -0.893. The number of rotatable bonds is 27. The Bertz CT molecular complexity index is 883. The number of allylic oxidation sites excluding steroid dienone is 15. The highest BCUT2D eigenvalue weighted by Crippen LogP contribution is 2.13. The molecule has 0 spiro atoms. The zero-order chi connectivity index (χ0) is 30.8. The fraction of sp³-hybridized carbons (Fsp3) is 0.526. The summed E-state index contributed by atoms with van der Waals surface area (Å²) in [5.41, 5.74) is 0. The van der Waals surface area contributed by atoms with Crippen LogP contribution in [0, 0.1) is 0 Å². The largest absolute Gasteiger partial charge is 0.481 e. The van der Waals surface area contributed by atoms with Gasteiger partial charge in [-0.3, -0.25) is 9.59 Å². The smallest absolute Gasteiger partial charge is 0.306 e. The van der Waals surface area contributed by atoms with Crippen LogP contribution in [0.3, 0.4) is 0 Å². The van der Waals surface area contributed by atoms with Crippen molar-refractivity contribution in [3.63, 3.8) is 0 Å². The number of carboxylic acid groups (broad SMARTS) is 1. The summed E-state index contributed by atoms with van der Waals surface area (Å²) in [6.07, 6.45) is 48.6. The van der Waals surface area contributed by atoms with Crippen molar-refractivity contribution < 1.29 is 19.4 Å². The molecule has 0 aliphatic carbocycles. The Kier molecular flexibility index (Phi) is 30.0. The van der Waals surface area contributed by atoms with Crippen LogP contribution in [-0.2, 0) is 14.3 Å². The molecule has 4 heteroatoms. The normalized spacial score (nSPS) is 13.6. The number of hydrogen-bond donors (Lipinski definition) is 1. The van der Waals surface area contributed by atoms with E-state index in [2.05, 4.69) is 105 Å². The van der Waals surface area contributed by atoms with E-state index in [9.17, 15) is 9.59 Å². The maximum Gasteiger partial charge on any atom is 0.306 e. The topological polar surface area (TPSA) is 63.6 Å². The first kappa shape index (κ1) is 38.9. The van der Waals surface area contributed by atoms with E-state index in [1.165, 1.54) is 0 Å². The molecule has 0 saturated heterocycles. The van der Waals surface area contributed by atoms with Gasteiger partial charge in [-0.2, -0.15) is 0 Å².